The molecule has 0 unspecified atom stereocenters. The summed E-state index contributed by atoms with van der Waals surface area (Å²) in [7, 11) is 0. The van der Waals surface area contributed by atoms with Crippen molar-refractivity contribution in [3.8, 4) is 0 Å². The van der Waals surface area contributed by atoms with Crippen LogP contribution in [0.4, 0.5) is 0 Å². The molecule has 1 saturated carbocycles. The third-order valence-corrected chi connectivity index (χ3v) is 3.67. The zero-order valence-corrected chi connectivity index (χ0v) is 9.68. The largest absolute Gasteiger partial charge is 0.299 e. The maximum atomic E-state index is 11.4. The number of Topliss-reactive ketones (excluding diaryl/α,β-unsaturated/α-hetero) is 1. The second-order valence-electron chi connectivity index (χ2n) is 4.88. The molecule has 0 bridgehead atoms. The summed E-state index contributed by atoms with van der Waals surface area (Å²) < 4.78 is 0. The third-order valence-electron chi connectivity index (χ3n) is 3.67. The van der Waals surface area contributed by atoms with Crippen molar-refractivity contribution in [3.63, 3.8) is 0 Å². The van der Waals surface area contributed by atoms with E-state index in [1.54, 1.807) is 0 Å². The van der Waals surface area contributed by atoms with Crippen LogP contribution in [-0.2, 0) is 4.79 Å². The Hall–Kier alpha value is -0.590. The summed E-state index contributed by atoms with van der Waals surface area (Å²) >= 11 is 0. The molecule has 0 amide bonds. The lowest BCUT2D eigenvalue weighted by atomic mass is 9.73. The van der Waals surface area contributed by atoms with Crippen LogP contribution in [0.2, 0.25) is 0 Å². The highest BCUT2D eigenvalue weighted by Gasteiger charge is 2.29. The monoisotopic (exact) mass is 194 g/mol. The van der Waals surface area contributed by atoms with Crippen LogP contribution in [0.1, 0.15) is 46.5 Å². The van der Waals surface area contributed by atoms with E-state index in [1.165, 1.54) is 12.8 Å². The van der Waals surface area contributed by atoms with Gasteiger partial charge in [0, 0.05) is 12.8 Å². The first-order valence-electron chi connectivity index (χ1n) is 5.74. The molecule has 0 aromatic heterocycles. The SMILES string of the molecule is C=C1CC(=O)C[C@H](C[C@H](C)CC)[C@H]1C. The molecule has 3 atom stereocenters. The molecule has 1 nitrogen and oxygen atoms in total. The minimum Gasteiger partial charge on any atom is -0.299 e. The van der Waals surface area contributed by atoms with E-state index in [0.29, 0.717) is 24.0 Å². The first-order valence-corrected chi connectivity index (χ1v) is 5.74. The topological polar surface area (TPSA) is 17.1 Å². The van der Waals surface area contributed by atoms with Gasteiger partial charge in [0.15, 0.2) is 0 Å². The fraction of sp³-hybridized carbons (Fsp3) is 0.769. The van der Waals surface area contributed by atoms with Crippen molar-refractivity contribution in [2.75, 3.05) is 0 Å². The Morgan fingerprint density at radius 2 is 2.21 bits per heavy atom. The molecule has 0 heterocycles. The number of ketones is 1. The number of allylic oxidation sites excluding steroid dienone is 1. The lowest BCUT2D eigenvalue weighted by Crippen LogP contribution is -2.26. The van der Waals surface area contributed by atoms with Crippen LogP contribution in [0.3, 0.4) is 0 Å². The first kappa shape index (κ1) is 11.5. The fourth-order valence-corrected chi connectivity index (χ4v) is 2.26. The van der Waals surface area contributed by atoms with Gasteiger partial charge in [-0.15, -0.1) is 0 Å². The van der Waals surface area contributed by atoms with Gasteiger partial charge in [0.25, 0.3) is 0 Å². The summed E-state index contributed by atoms with van der Waals surface area (Å²) in [6.45, 7) is 10.7. The minimum atomic E-state index is 0.390. The van der Waals surface area contributed by atoms with E-state index in [9.17, 15) is 4.79 Å². The molecule has 1 aliphatic carbocycles. The Labute approximate surface area is 87.6 Å². The van der Waals surface area contributed by atoms with Gasteiger partial charge in [0.2, 0.25) is 0 Å². The first-order chi connectivity index (χ1) is 6.54. The highest BCUT2D eigenvalue weighted by Crippen LogP contribution is 2.35. The normalized spacial score (nSPS) is 30.5. The van der Waals surface area contributed by atoms with E-state index in [1.807, 2.05) is 0 Å². The maximum absolute atomic E-state index is 11.4. The predicted octanol–water partition coefficient (Wildman–Crippen LogP) is 3.59. The van der Waals surface area contributed by atoms with Gasteiger partial charge in [-0.1, -0.05) is 39.3 Å². The number of hydrogen-bond acceptors (Lipinski definition) is 1. The van der Waals surface area contributed by atoms with E-state index in [0.717, 1.165) is 17.9 Å². The van der Waals surface area contributed by atoms with Crippen LogP contribution in [0.5, 0.6) is 0 Å². The van der Waals surface area contributed by atoms with Crippen molar-refractivity contribution >= 4 is 5.78 Å². The van der Waals surface area contributed by atoms with Crippen molar-refractivity contribution in [1.82, 2.24) is 0 Å². The van der Waals surface area contributed by atoms with E-state index in [4.69, 9.17) is 0 Å². The molecule has 1 rings (SSSR count). The van der Waals surface area contributed by atoms with Gasteiger partial charge >= 0.3 is 0 Å². The lowest BCUT2D eigenvalue weighted by Gasteiger charge is -2.31. The zero-order chi connectivity index (χ0) is 10.7. The Kier molecular flexibility index (Phi) is 3.91. The molecule has 14 heavy (non-hydrogen) atoms. The number of carbonyl (C=O) groups is 1. The van der Waals surface area contributed by atoms with E-state index >= 15 is 0 Å². The van der Waals surface area contributed by atoms with Crippen molar-refractivity contribution in [2.45, 2.75) is 46.5 Å². The molecule has 0 spiro atoms. The van der Waals surface area contributed by atoms with E-state index in [2.05, 4.69) is 27.4 Å². The smallest absolute Gasteiger partial charge is 0.137 e. The molecular weight excluding hydrogens is 172 g/mol. The van der Waals surface area contributed by atoms with Gasteiger partial charge in [-0.05, 0) is 24.2 Å². The number of hydrogen-bond donors (Lipinski definition) is 0. The van der Waals surface area contributed by atoms with Crippen LogP contribution < -0.4 is 0 Å². The van der Waals surface area contributed by atoms with Crippen LogP contribution >= 0.6 is 0 Å². The van der Waals surface area contributed by atoms with Crippen molar-refractivity contribution in [1.29, 1.82) is 0 Å². The Morgan fingerprint density at radius 1 is 1.57 bits per heavy atom. The van der Waals surface area contributed by atoms with Gasteiger partial charge in [-0.2, -0.15) is 0 Å². The molecule has 0 radical (unpaired) electrons. The quantitative estimate of drug-likeness (QED) is 0.627. The van der Waals surface area contributed by atoms with Gasteiger partial charge < -0.3 is 0 Å². The fourth-order valence-electron chi connectivity index (χ4n) is 2.26. The van der Waals surface area contributed by atoms with Gasteiger partial charge in [0.05, 0.1) is 0 Å². The average Bonchev–Trinajstić information content (AvgIpc) is 2.13. The van der Waals surface area contributed by atoms with E-state index < -0.39 is 0 Å². The van der Waals surface area contributed by atoms with Gasteiger partial charge in [0.1, 0.15) is 5.78 Å². The summed E-state index contributed by atoms with van der Waals surface area (Å²) in [6, 6.07) is 0. The van der Waals surface area contributed by atoms with Crippen molar-refractivity contribution in [2.24, 2.45) is 17.8 Å². The van der Waals surface area contributed by atoms with Crippen LogP contribution in [0.15, 0.2) is 12.2 Å². The second-order valence-corrected chi connectivity index (χ2v) is 4.88. The molecular formula is C13H22O. The summed E-state index contributed by atoms with van der Waals surface area (Å²) in [4.78, 5) is 11.4. The molecule has 1 aliphatic rings. The highest BCUT2D eigenvalue weighted by atomic mass is 16.1. The van der Waals surface area contributed by atoms with Crippen molar-refractivity contribution in [3.05, 3.63) is 12.2 Å². The molecule has 0 N–H and O–H groups in total. The molecule has 0 saturated heterocycles. The highest BCUT2D eigenvalue weighted by molar-refractivity contribution is 5.82. The molecule has 0 aliphatic heterocycles. The molecule has 1 fully saturated rings. The van der Waals surface area contributed by atoms with Crippen LogP contribution in [0.25, 0.3) is 0 Å². The zero-order valence-electron chi connectivity index (χ0n) is 9.68. The molecule has 0 aromatic rings. The van der Waals surface area contributed by atoms with Gasteiger partial charge in [-0.25, -0.2) is 0 Å². The summed E-state index contributed by atoms with van der Waals surface area (Å²) in [5, 5.41) is 0. The maximum Gasteiger partial charge on any atom is 0.137 e. The standard InChI is InChI=1S/C13H22O/c1-5-9(2)6-12-8-13(14)7-10(3)11(12)4/h9,11-12H,3,5-8H2,1-2,4H3/t9-,11+,12+/m1/s1. The summed E-state index contributed by atoms with van der Waals surface area (Å²) in [6.07, 6.45) is 3.80. The summed E-state index contributed by atoms with van der Waals surface area (Å²) in [5.41, 5.74) is 1.15. The molecule has 0 aromatic carbocycles. The van der Waals surface area contributed by atoms with Crippen molar-refractivity contribution < 1.29 is 4.79 Å². The minimum absolute atomic E-state index is 0.390. The summed E-state index contributed by atoms with van der Waals surface area (Å²) in [5.74, 6) is 2.22. The van der Waals surface area contributed by atoms with Crippen LogP contribution in [-0.4, -0.2) is 5.78 Å². The Balaban J connectivity index is 2.57. The Morgan fingerprint density at radius 3 is 2.79 bits per heavy atom. The Bertz CT molecular complexity index is 229. The number of rotatable bonds is 3. The second kappa shape index (κ2) is 4.77. The molecule has 1 heteroatoms. The van der Waals surface area contributed by atoms with E-state index in [-0.39, 0.29) is 0 Å². The third kappa shape index (κ3) is 2.70. The average molecular weight is 194 g/mol. The molecule has 80 valence electrons. The number of carbonyl (C=O) groups excluding carboxylic acids is 1. The van der Waals surface area contributed by atoms with Gasteiger partial charge in [-0.3, -0.25) is 4.79 Å². The predicted molar refractivity (Wildman–Crippen MR) is 60.1 cm³/mol. The lowest BCUT2D eigenvalue weighted by molar-refractivity contribution is -0.121. The van der Waals surface area contributed by atoms with Crippen LogP contribution in [0, 0.1) is 17.8 Å².